The van der Waals surface area contributed by atoms with Gasteiger partial charge in [0.25, 0.3) is 0 Å². The zero-order valence-electron chi connectivity index (χ0n) is 9.86. The minimum absolute atomic E-state index is 0.126. The minimum atomic E-state index is -0.454. The summed E-state index contributed by atoms with van der Waals surface area (Å²) in [5.74, 6) is 0.0801. The van der Waals surface area contributed by atoms with Crippen molar-refractivity contribution in [3.63, 3.8) is 0 Å². The number of benzene rings is 2. The Morgan fingerprint density at radius 1 is 1.17 bits per heavy atom. The number of hydrogen-bond donors (Lipinski definition) is 1. The maximum absolute atomic E-state index is 13.8. The van der Waals surface area contributed by atoms with Crippen molar-refractivity contribution in [3.05, 3.63) is 58.9 Å². The van der Waals surface area contributed by atoms with Gasteiger partial charge in [-0.1, -0.05) is 35.9 Å². The second kappa shape index (κ2) is 5.38. The molecule has 2 aromatic carbocycles. The van der Waals surface area contributed by atoms with E-state index in [2.05, 4.69) is 0 Å². The van der Waals surface area contributed by atoms with E-state index in [0.29, 0.717) is 16.3 Å². The fourth-order valence-corrected chi connectivity index (χ4v) is 1.80. The summed E-state index contributed by atoms with van der Waals surface area (Å²) in [5, 5.41) is 0.427. The molecule has 0 aliphatic heterocycles. The number of nitrogens with two attached hydrogens (primary N) is 1. The van der Waals surface area contributed by atoms with Crippen LogP contribution in [0, 0.1) is 5.82 Å². The Balaban J connectivity index is 2.43. The van der Waals surface area contributed by atoms with Crippen molar-refractivity contribution >= 4 is 11.6 Å². The van der Waals surface area contributed by atoms with Crippen LogP contribution in [0.5, 0.6) is 11.5 Å². The summed E-state index contributed by atoms with van der Waals surface area (Å²) in [6.07, 6.45) is 0. The molecule has 0 aliphatic carbocycles. The maximum atomic E-state index is 13.8. The molecule has 0 spiro atoms. The molecule has 0 unspecified atom stereocenters. The van der Waals surface area contributed by atoms with Gasteiger partial charge in [-0.3, -0.25) is 0 Å². The quantitative estimate of drug-likeness (QED) is 0.898. The van der Waals surface area contributed by atoms with Gasteiger partial charge in [0.15, 0.2) is 11.6 Å². The Kier molecular flexibility index (Phi) is 3.84. The zero-order chi connectivity index (χ0) is 13.1. The number of rotatable bonds is 3. The molecule has 0 amide bonds. The summed E-state index contributed by atoms with van der Waals surface area (Å²) >= 11 is 5.98. The Hall–Kier alpha value is -1.58. The molecule has 0 heterocycles. The second-order valence-corrected chi connectivity index (χ2v) is 4.39. The van der Waals surface area contributed by atoms with Crippen LogP contribution in [0.4, 0.5) is 4.39 Å². The minimum Gasteiger partial charge on any atom is -0.452 e. The Morgan fingerprint density at radius 2 is 1.89 bits per heavy atom. The third kappa shape index (κ3) is 2.63. The van der Waals surface area contributed by atoms with E-state index in [0.717, 1.165) is 0 Å². The average Bonchev–Trinajstić information content (AvgIpc) is 2.34. The molecule has 2 N–H and O–H groups in total. The second-order valence-electron chi connectivity index (χ2n) is 3.98. The third-order valence-corrected chi connectivity index (χ3v) is 2.85. The zero-order valence-corrected chi connectivity index (χ0v) is 10.6. The van der Waals surface area contributed by atoms with Crippen molar-refractivity contribution in [1.29, 1.82) is 0 Å². The average molecular weight is 266 g/mol. The van der Waals surface area contributed by atoms with E-state index in [1.807, 2.05) is 0 Å². The van der Waals surface area contributed by atoms with Gasteiger partial charge in [0.2, 0.25) is 0 Å². The van der Waals surface area contributed by atoms with E-state index in [1.54, 1.807) is 43.3 Å². The monoisotopic (exact) mass is 265 g/mol. The lowest BCUT2D eigenvalue weighted by Crippen LogP contribution is -2.07. The lowest BCUT2D eigenvalue weighted by atomic mass is 10.1. The van der Waals surface area contributed by atoms with Crippen LogP contribution in [0.3, 0.4) is 0 Å². The number of para-hydroxylation sites is 2. The molecule has 94 valence electrons. The molecule has 1 atom stereocenters. The van der Waals surface area contributed by atoms with Crippen LogP contribution in [0.2, 0.25) is 5.02 Å². The van der Waals surface area contributed by atoms with E-state index in [9.17, 15) is 4.39 Å². The van der Waals surface area contributed by atoms with Crippen molar-refractivity contribution in [3.8, 4) is 11.5 Å². The van der Waals surface area contributed by atoms with E-state index >= 15 is 0 Å². The molecule has 2 rings (SSSR count). The molecule has 0 aromatic heterocycles. The molecule has 2 nitrogen and oxygen atoms in total. The van der Waals surface area contributed by atoms with Crippen molar-refractivity contribution in [2.45, 2.75) is 13.0 Å². The van der Waals surface area contributed by atoms with Gasteiger partial charge >= 0.3 is 0 Å². The largest absolute Gasteiger partial charge is 0.452 e. The van der Waals surface area contributed by atoms with Crippen LogP contribution in [-0.4, -0.2) is 0 Å². The molecule has 0 radical (unpaired) electrons. The SMILES string of the molecule is C[C@@H](N)c1cccc(F)c1Oc1ccccc1Cl. The van der Waals surface area contributed by atoms with Crippen molar-refractivity contribution in [2.75, 3.05) is 0 Å². The summed E-state index contributed by atoms with van der Waals surface area (Å²) in [6, 6.07) is 11.3. The van der Waals surface area contributed by atoms with Crippen LogP contribution < -0.4 is 10.5 Å². The lowest BCUT2D eigenvalue weighted by molar-refractivity contribution is 0.433. The first-order valence-electron chi connectivity index (χ1n) is 5.56. The summed E-state index contributed by atoms with van der Waals surface area (Å²) in [5.41, 5.74) is 6.40. The van der Waals surface area contributed by atoms with E-state index in [1.165, 1.54) is 6.07 Å². The topological polar surface area (TPSA) is 35.2 Å². The third-order valence-electron chi connectivity index (χ3n) is 2.54. The molecular formula is C14H13ClFNO. The summed E-state index contributed by atoms with van der Waals surface area (Å²) < 4.78 is 19.3. The number of ether oxygens (including phenoxy) is 1. The highest BCUT2D eigenvalue weighted by molar-refractivity contribution is 6.32. The van der Waals surface area contributed by atoms with Crippen LogP contribution in [0.1, 0.15) is 18.5 Å². The smallest absolute Gasteiger partial charge is 0.167 e. The number of halogens is 2. The van der Waals surface area contributed by atoms with Crippen LogP contribution in [0.15, 0.2) is 42.5 Å². The molecular weight excluding hydrogens is 253 g/mol. The first-order valence-corrected chi connectivity index (χ1v) is 5.93. The standard InChI is InChI=1S/C14H13ClFNO/c1-9(17)10-5-4-7-12(16)14(10)18-13-8-3-2-6-11(13)15/h2-9H,17H2,1H3/t9-/m1/s1. The van der Waals surface area contributed by atoms with Gasteiger partial charge in [-0.15, -0.1) is 0 Å². The van der Waals surface area contributed by atoms with E-state index in [4.69, 9.17) is 22.1 Å². The van der Waals surface area contributed by atoms with Gasteiger partial charge in [-0.25, -0.2) is 4.39 Å². The Bertz CT molecular complexity index is 557. The predicted octanol–water partition coefficient (Wildman–Crippen LogP) is 4.29. The molecule has 0 fully saturated rings. The van der Waals surface area contributed by atoms with Crippen molar-refractivity contribution in [1.82, 2.24) is 0 Å². The molecule has 0 saturated carbocycles. The maximum Gasteiger partial charge on any atom is 0.167 e. The Morgan fingerprint density at radius 3 is 2.56 bits per heavy atom. The van der Waals surface area contributed by atoms with Crippen LogP contribution in [-0.2, 0) is 0 Å². The summed E-state index contributed by atoms with van der Waals surface area (Å²) in [7, 11) is 0. The lowest BCUT2D eigenvalue weighted by Gasteiger charge is -2.15. The molecule has 18 heavy (non-hydrogen) atoms. The van der Waals surface area contributed by atoms with Gasteiger partial charge in [0.05, 0.1) is 5.02 Å². The molecule has 0 aliphatic rings. The van der Waals surface area contributed by atoms with Crippen molar-refractivity contribution < 1.29 is 9.13 Å². The highest BCUT2D eigenvalue weighted by Gasteiger charge is 2.14. The molecule has 4 heteroatoms. The van der Waals surface area contributed by atoms with Crippen LogP contribution >= 0.6 is 11.6 Å². The Labute approximate surface area is 110 Å². The summed E-state index contributed by atoms with van der Waals surface area (Å²) in [6.45, 7) is 1.77. The van der Waals surface area contributed by atoms with E-state index in [-0.39, 0.29) is 11.8 Å². The summed E-state index contributed by atoms with van der Waals surface area (Å²) in [4.78, 5) is 0. The van der Waals surface area contributed by atoms with E-state index < -0.39 is 5.82 Å². The van der Waals surface area contributed by atoms with Gasteiger partial charge in [-0.05, 0) is 25.1 Å². The highest BCUT2D eigenvalue weighted by atomic mass is 35.5. The van der Waals surface area contributed by atoms with Crippen molar-refractivity contribution in [2.24, 2.45) is 5.73 Å². The molecule has 0 saturated heterocycles. The normalized spacial score (nSPS) is 12.2. The first kappa shape index (κ1) is 12.9. The fraction of sp³-hybridized carbons (Fsp3) is 0.143. The van der Waals surface area contributed by atoms with Crippen LogP contribution in [0.25, 0.3) is 0 Å². The van der Waals surface area contributed by atoms with Gasteiger partial charge in [0.1, 0.15) is 5.75 Å². The number of hydrogen-bond acceptors (Lipinski definition) is 2. The highest BCUT2D eigenvalue weighted by Crippen LogP contribution is 2.34. The fourth-order valence-electron chi connectivity index (χ4n) is 1.63. The van der Waals surface area contributed by atoms with Gasteiger partial charge in [0, 0.05) is 11.6 Å². The molecule has 2 aromatic rings. The molecule has 0 bridgehead atoms. The van der Waals surface area contributed by atoms with Gasteiger partial charge < -0.3 is 10.5 Å². The first-order chi connectivity index (χ1) is 8.59. The van der Waals surface area contributed by atoms with Gasteiger partial charge in [-0.2, -0.15) is 0 Å². The predicted molar refractivity (Wildman–Crippen MR) is 70.5 cm³/mol.